The van der Waals surface area contributed by atoms with Gasteiger partial charge in [-0.1, -0.05) is 6.07 Å². The van der Waals surface area contributed by atoms with Crippen LogP contribution in [0.4, 0.5) is 5.69 Å². The summed E-state index contributed by atoms with van der Waals surface area (Å²) in [6, 6.07) is 4.39. The molecule has 1 aliphatic carbocycles. The van der Waals surface area contributed by atoms with Crippen molar-refractivity contribution in [3.8, 4) is 5.75 Å². The van der Waals surface area contributed by atoms with E-state index in [4.69, 9.17) is 4.74 Å². The maximum Gasteiger partial charge on any atom is 0.323 e. The van der Waals surface area contributed by atoms with Crippen LogP contribution in [0.3, 0.4) is 0 Å². The van der Waals surface area contributed by atoms with Crippen molar-refractivity contribution in [1.29, 1.82) is 0 Å². The minimum absolute atomic E-state index is 0.0304. The lowest BCUT2D eigenvalue weighted by molar-refractivity contribution is -0.386. The molecular formula is C17H20N4O4. The van der Waals surface area contributed by atoms with E-state index in [0.717, 1.165) is 30.5 Å². The third kappa shape index (κ3) is 2.84. The van der Waals surface area contributed by atoms with Crippen LogP contribution in [0, 0.1) is 10.1 Å². The number of ether oxygens (including phenoxy) is 1. The number of aromatic nitrogens is 2. The maximum absolute atomic E-state index is 13.0. The molecule has 0 saturated carbocycles. The first-order valence-corrected chi connectivity index (χ1v) is 8.05. The Balaban J connectivity index is 1.98. The van der Waals surface area contributed by atoms with Crippen molar-refractivity contribution >= 4 is 11.6 Å². The van der Waals surface area contributed by atoms with Crippen LogP contribution >= 0.6 is 0 Å². The van der Waals surface area contributed by atoms with Crippen LogP contribution in [-0.4, -0.2) is 39.7 Å². The number of carbonyl (C=O) groups excluding carboxylic acids is 1. The van der Waals surface area contributed by atoms with Crippen molar-refractivity contribution in [3.63, 3.8) is 0 Å². The lowest BCUT2D eigenvalue weighted by Crippen LogP contribution is -2.33. The molecule has 0 saturated heterocycles. The van der Waals surface area contributed by atoms with Gasteiger partial charge in [-0.25, -0.2) is 0 Å². The number of nitro benzene ring substituents is 1. The summed E-state index contributed by atoms with van der Waals surface area (Å²) in [5, 5.41) is 15.7. The number of benzene rings is 1. The standard InChI is InChI=1S/C17H20N4O4/c1-19(13-7-5-8-14-12(13)10-18-20(14)2)17(22)11-6-4-9-15(25-3)16(11)21(23)24/h4,6,9-10,13H,5,7-8H2,1-3H3. The topological polar surface area (TPSA) is 90.5 Å². The molecule has 0 fully saturated rings. The number of methoxy groups -OCH3 is 1. The van der Waals surface area contributed by atoms with Gasteiger partial charge in [0.05, 0.1) is 24.3 Å². The lowest BCUT2D eigenvalue weighted by atomic mass is 9.91. The molecule has 8 heteroatoms. The summed E-state index contributed by atoms with van der Waals surface area (Å²) in [6.07, 6.45) is 4.44. The van der Waals surface area contributed by atoms with Crippen molar-refractivity contribution < 1.29 is 14.5 Å². The monoisotopic (exact) mass is 344 g/mol. The molecule has 0 bridgehead atoms. The van der Waals surface area contributed by atoms with Crippen LogP contribution in [-0.2, 0) is 13.5 Å². The van der Waals surface area contributed by atoms with Gasteiger partial charge >= 0.3 is 5.69 Å². The SMILES string of the molecule is COc1cccc(C(=O)N(C)C2CCCc3c2cnn3C)c1[N+](=O)[O-]. The fraction of sp³-hybridized carbons (Fsp3) is 0.412. The van der Waals surface area contributed by atoms with Crippen molar-refractivity contribution in [3.05, 3.63) is 51.3 Å². The number of nitrogens with zero attached hydrogens (tertiary/aromatic N) is 4. The highest BCUT2D eigenvalue weighted by Crippen LogP contribution is 2.36. The average Bonchev–Trinajstić information content (AvgIpc) is 3.01. The van der Waals surface area contributed by atoms with Gasteiger partial charge in [0.25, 0.3) is 5.91 Å². The second kappa shape index (κ2) is 6.54. The summed E-state index contributed by atoms with van der Waals surface area (Å²) in [6.45, 7) is 0. The molecule has 2 aromatic rings. The molecule has 1 aromatic carbocycles. The van der Waals surface area contributed by atoms with E-state index in [9.17, 15) is 14.9 Å². The highest BCUT2D eigenvalue weighted by atomic mass is 16.6. The minimum Gasteiger partial charge on any atom is -0.490 e. The number of rotatable bonds is 4. The molecule has 25 heavy (non-hydrogen) atoms. The van der Waals surface area contributed by atoms with Gasteiger partial charge in [0.1, 0.15) is 5.56 Å². The highest BCUT2D eigenvalue weighted by Gasteiger charge is 2.33. The Morgan fingerprint density at radius 1 is 1.48 bits per heavy atom. The summed E-state index contributed by atoms with van der Waals surface area (Å²) in [5.74, 6) is -0.317. The van der Waals surface area contributed by atoms with E-state index in [0.29, 0.717) is 0 Å². The van der Waals surface area contributed by atoms with Crippen LogP contribution in [0.25, 0.3) is 0 Å². The second-order valence-corrected chi connectivity index (χ2v) is 6.11. The molecule has 1 heterocycles. The van der Waals surface area contributed by atoms with Crippen LogP contribution < -0.4 is 4.74 Å². The van der Waals surface area contributed by atoms with Crippen LogP contribution in [0.5, 0.6) is 5.75 Å². The molecule has 1 atom stereocenters. The van der Waals surface area contributed by atoms with Crippen LogP contribution in [0.2, 0.25) is 0 Å². The smallest absolute Gasteiger partial charge is 0.323 e. The molecule has 1 amide bonds. The summed E-state index contributed by atoms with van der Waals surface area (Å²) in [7, 11) is 4.91. The van der Waals surface area contributed by atoms with Crippen LogP contribution in [0.15, 0.2) is 24.4 Å². The minimum atomic E-state index is -0.573. The van der Waals surface area contributed by atoms with Gasteiger partial charge in [0.2, 0.25) is 0 Å². The van der Waals surface area contributed by atoms with Crippen molar-refractivity contribution in [2.45, 2.75) is 25.3 Å². The van der Waals surface area contributed by atoms with E-state index in [1.165, 1.54) is 19.2 Å². The number of para-hydroxylation sites is 1. The van der Waals surface area contributed by atoms with E-state index >= 15 is 0 Å². The zero-order chi connectivity index (χ0) is 18.1. The molecule has 0 N–H and O–H groups in total. The first-order chi connectivity index (χ1) is 12.0. The number of fused-ring (bicyclic) bond motifs is 1. The Morgan fingerprint density at radius 2 is 2.24 bits per heavy atom. The van der Waals surface area contributed by atoms with Crippen molar-refractivity contribution in [2.75, 3.05) is 14.2 Å². The first-order valence-electron chi connectivity index (χ1n) is 8.05. The number of hydrogen-bond donors (Lipinski definition) is 0. The lowest BCUT2D eigenvalue weighted by Gasteiger charge is -2.31. The maximum atomic E-state index is 13.0. The van der Waals surface area contributed by atoms with Crippen molar-refractivity contribution in [2.24, 2.45) is 7.05 Å². The van der Waals surface area contributed by atoms with E-state index < -0.39 is 10.8 Å². The second-order valence-electron chi connectivity index (χ2n) is 6.11. The van der Waals surface area contributed by atoms with E-state index in [-0.39, 0.29) is 23.0 Å². The fourth-order valence-electron chi connectivity index (χ4n) is 3.46. The molecule has 1 aromatic heterocycles. The van der Waals surface area contributed by atoms with Crippen molar-refractivity contribution in [1.82, 2.24) is 14.7 Å². The molecule has 132 valence electrons. The summed E-state index contributed by atoms with van der Waals surface area (Å²) < 4.78 is 6.88. The Hall–Kier alpha value is -2.90. The van der Waals surface area contributed by atoms with Crippen LogP contribution in [0.1, 0.15) is 40.5 Å². The quantitative estimate of drug-likeness (QED) is 0.628. The van der Waals surface area contributed by atoms with Gasteiger partial charge < -0.3 is 9.64 Å². The zero-order valence-corrected chi connectivity index (χ0v) is 14.4. The molecule has 1 unspecified atom stereocenters. The number of hydrogen-bond acceptors (Lipinski definition) is 5. The predicted octanol–water partition coefficient (Wildman–Crippen LogP) is 2.49. The van der Waals surface area contributed by atoms with Gasteiger partial charge in [-0.05, 0) is 31.4 Å². The van der Waals surface area contributed by atoms with Gasteiger partial charge in [0.15, 0.2) is 5.75 Å². The molecule has 8 nitrogen and oxygen atoms in total. The van der Waals surface area contributed by atoms with E-state index in [1.54, 1.807) is 24.2 Å². The third-order valence-electron chi connectivity index (χ3n) is 4.76. The average molecular weight is 344 g/mol. The largest absolute Gasteiger partial charge is 0.490 e. The summed E-state index contributed by atoms with van der Waals surface area (Å²) >= 11 is 0. The molecular weight excluding hydrogens is 324 g/mol. The van der Waals surface area contributed by atoms with Gasteiger partial charge in [-0.2, -0.15) is 5.10 Å². The molecule has 0 radical (unpaired) electrons. The number of nitro groups is 1. The Labute approximate surface area is 145 Å². The van der Waals surface area contributed by atoms with Gasteiger partial charge in [-0.15, -0.1) is 0 Å². The highest BCUT2D eigenvalue weighted by molar-refractivity contribution is 5.99. The Kier molecular flexibility index (Phi) is 4.43. The number of carbonyl (C=O) groups is 1. The molecule has 1 aliphatic rings. The van der Waals surface area contributed by atoms with Gasteiger partial charge in [-0.3, -0.25) is 19.6 Å². The molecule has 0 spiro atoms. The van der Waals surface area contributed by atoms with E-state index in [2.05, 4.69) is 5.10 Å². The normalized spacial score (nSPS) is 16.2. The zero-order valence-electron chi connectivity index (χ0n) is 14.4. The first kappa shape index (κ1) is 16.9. The molecule has 3 rings (SSSR count). The summed E-state index contributed by atoms with van der Waals surface area (Å²) in [5.41, 5.74) is 1.85. The Bertz CT molecular complexity index is 830. The number of aryl methyl sites for hydroxylation is 1. The third-order valence-corrected chi connectivity index (χ3v) is 4.76. The Morgan fingerprint density at radius 3 is 2.92 bits per heavy atom. The summed E-state index contributed by atoms with van der Waals surface area (Å²) in [4.78, 5) is 25.4. The van der Waals surface area contributed by atoms with Gasteiger partial charge in [0, 0.05) is 25.4 Å². The molecule has 0 aliphatic heterocycles. The number of amides is 1. The van der Waals surface area contributed by atoms with E-state index in [1.807, 2.05) is 11.7 Å². The fourth-order valence-corrected chi connectivity index (χ4v) is 3.46. The predicted molar refractivity (Wildman–Crippen MR) is 90.6 cm³/mol.